The van der Waals surface area contributed by atoms with Gasteiger partial charge in [0.25, 0.3) is 0 Å². The number of amides is 1. The van der Waals surface area contributed by atoms with E-state index in [0.29, 0.717) is 37.5 Å². The van der Waals surface area contributed by atoms with E-state index in [2.05, 4.69) is 46.4 Å². The largest absolute Gasteiger partial charge is 0.367 e. The number of aromatic nitrogens is 2. The number of aryl methyl sites for hydroxylation is 2. The van der Waals surface area contributed by atoms with Crippen molar-refractivity contribution in [2.24, 2.45) is 0 Å². The SMILES string of the molecule is CCn1c(CCC(=O)NCCN2c3ccccc3CC2C)nc2cc(S(=O)(=O)N(C)C)ccc21. The van der Waals surface area contributed by atoms with Crippen LogP contribution in [0.2, 0.25) is 0 Å². The first-order valence-electron chi connectivity index (χ1n) is 11.7. The molecule has 1 aliphatic rings. The van der Waals surface area contributed by atoms with Crippen molar-refractivity contribution in [1.82, 2.24) is 19.2 Å². The maximum Gasteiger partial charge on any atom is 0.242 e. The number of nitrogens with zero attached hydrogens (tertiary/aromatic N) is 4. The molecule has 4 rings (SSSR count). The number of rotatable bonds is 9. The molecule has 182 valence electrons. The fourth-order valence-corrected chi connectivity index (χ4v) is 5.60. The minimum Gasteiger partial charge on any atom is -0.367 e. The van der Waals surface area contributed by atoms with Crippen LogP contribution in [0.3, 0.4) is 0 Å². The van der Waals surface area contributed by atoms with E-state index in [-0.39, 0.29) is 10.8 Å². The minimum atomic E-state index is -3.53. The van der Waals surface area contributed by atoms with Crippen molar-refractivity contribution < 1.29 is 13.2 Å². The zero-order valence-corrected chi connectivity index (χ0v) is 21.1. The van der Waals surface area contributed by atoms with Crippen LogP contribution in [-0.4, -0.2) is 61.4 Å². The van der Waals surface area contributed by atoms with Gasteiger partial charge in [-0.05, 0) is 50.1 Å². The van der Waals surface area contributed by atoms with E-state index in [1.165, 1.54) is 29.7 Å². The molecule has 34 heavy (non-hydrogen) atoms. The standard InChI is InChI=1S/C25H33N5O3S/c1-5-29-23-11-10-20(34(32,33)28(3)4)17-21(23)27-24(29)12-13-25(31)26-14-15-30-18(2)16-19-8-6-7-9-22(19)30/h6-11,17-18H,5,12-16H2,1-4H3,(H,26,31). The molecule has 0 saturated heterocycles. The lowest BCUT2D eigenvalue weighted by Crippen LogP contribution is -2.38. The number of carbonyl (C=O) groups is 1. The normalized spacial score (nSPS) is 15.8. The molecule has 8 nitrogen and oxygen atoms in total. The van der Waals surface area contributed by atoms with E-state index in [1.807, 2.05) is 11.5 Å². The third-order valence-electron chi connectivity index (χ3n) is 6.49. The quantitative estimate of drug-likeness (QED) is 0.506. The molecule has 0 fully saturated rings. The van der Waals surface area contributed by atoms with Gasteiger partial charge in [-0.3, -0.25) is 4.79 Å². The Labute approximate surface area is 201 Å². The van der Waals surface area contributed by atoms with E-state index in [0.717, 1.165) is 24.3 Å². The molecular formula is C25H33N5O3S. The Kier molecular flexibility index (Phi) is 6.95. The second-order valence-corrected chi connectivity index (χ2v) is 11.1. The van der Waals surface area contributed by atoms with Crippen molar-refractivity contribution in [1.29, 1.82) is 0 Å². The molecule has 1 atom stereocenters. The summed E-state index contributed by atoms with van der Waals surface area (Å²) in [5, 5.41) is 3.04. The maximum atomic E-state index is 12.5. The number of anilines is 1. The Hall–Kier alpha value is -2.91. The molecule has 1 unspecified atom stereocenters. The molecular weight excluding hydrogens is 450 g/mol. The van der Waals surface area contributed by atoms with E-state index in [1.54, 1.807) is 18.2 Å². The van der Waals surface area contributed by atoms with Crippen LogP contribution >= 0.6 is 0 Å². The molecule has 1 amide bonds. The number of fused-ring (bicyclic) bond motifs is 2. The lowest BCUT2D eigenvalue weighted by atomic mass is 10.1. The number of benzene rings is 2. The summed E-state index contributed by atoms with van der Waals surface area (Å²) in [5.74, 6) is 0.778. The first-order chi connectivity index (χ1) is 16.2. The molecule has 2 heterocycles. The van der Waals surface area contributed by atoms with Gasteiger partial charge in [0.2, 0.25) is 15.9 Å². The number of sulfonamides is 1. The smallest absolute Gasteiger partial charge is 0.242 e. The van der Waals surface area contributed by atoms with E-state index < -0.39 is 10.0 Å². The highest BCUT2D eigenvalue weighted by Crippen LogP contribution is 2.31. The molecule has 3 aromatic rings. The Morgan fingerprint density at radius 1 is 1.21 bits per heavy atom. The molecule has 1 aliphatic heterocycles. The van der Waals surface area contributed by atoms with E-state index in [4.69, 9.17) is 0 Å². The topological polar surface area (TPSA) is 87.5 Å². The fourth-order valence-electron chi connectivity index (χ4n) is 4.67. The highest BCUT2D eigenvalue weighted by Gasteiger charge is 2.25. The second-order valence-electron chi connectivity index (χ2n) is 8.94. The van der Waals surface area contributed by atoms with Gasteiger partial charge in [0, 0.05) is 58.3 Å². The van der Waals surface area contributed by atoms with Crippen molar-refractivity contribution in [2.45, 2.75) is 50.6 Å². The zero-order valence-electron chi connectivity index (χ0n) is 20.3. The summed E-state index contributed by atoms with van der Waals surface area (Å²) in [7, 11) is -0.506. The van der Waals surface area contributed by atoms with E-state index in [9.17, 15) is 13.2 Å². The van der Waals surface area contributed by atoms with Gasteiger partial charge in [-0.1, -0.05) is 18.2 Å². The maximum absolute atomic E-state index is 12.5. The summed E-state index contributed by atoms with van der Waals surface area (Å²) >= 11 is 0. The predicted molar refractivity (Wildman–Crippen MR) is 135 cm³/mol. The zero-order chi connectivity index (χ0) is 24.5. The Bertz CT molecular complexity index is 1300. The molecule has 9 heteroatoms. The molecule has 0 bridgehead atoms. The average Bonchev–Trinajstić information content (AvgIpc) is 3.33. The number of carbonyl (C=O) groups excluding carboxylic acids is 1. The lowest BCUT2D eigenvalue weighted by Gasteiger charge is -2.25. The Balaban J connectivity index is 1.37. The first-order valence-corrected chi connectivity index (χ1v) is 13.2. The molecule has 0 spiro atoms. The van der Waals surface area contributed by atoms with Gasteiger partial charge >= 0.3 is 0 Å². The number of nitrogens with one attached hydrogen (secondary N) is 1. The Morgan fingerprint density at radius 2 is 1.97 bits per heavy atom. The van der Waals surface area contributed by atoms with Gasteiger partial charge < -0.3 is 14.8 Å². The number of hydrogen-bond acceptors (Lipinski definition) is 5. The monoisotopic (exact) mass is 483 g/mol. The molecule has 1 aromatic heterocycles. The fraction of sp³-hybridized carbons (Fsp3) is 0.440. The summed E-state index contributed by atoms with van der Waals surface area (Å²) in [6.45, 7) is 6.30. The van der Waals surface area contributed by atoms with Crippen molar-refractivity contribution >= 4 is 32.7 Å². The van der Waals surface area contributed by atoms with Gasteiger partial charge in [0.05, 0.1) is 15.9 Å². The van der Waals surface area contributed by atoms with Gasteiger partial charge in [-0.25, -0.2) is 17.7 Å². The highest BCUT2D eigenvalue weighted by atomic mass is 32.2. The average molecular weight is 484 g/mol. The molecule has 0 saturated carbocycles. The lowest BCUT2D eigenvalue weighted by molar-refractivity contribution is -0.121. The molecule has 0 radical (unpaired) electrons. The van der Waals surface area contributed by atoms with Crippen LogP contribution in [0.5, 0.6) is 0 Å². The van der Waals surface area contributed by atoms with E-state index >= 15 is 0 Å². The molecule has 0 aliphatic carbocycles. The van der Waals surface area contributed by atoms with Crippen molar-refractivity contribution in [3.8, 4) is 0 Å². The van der Waals surface area contributed by atoms with Crippen molar-refractivity contribution in [3.05, 3.63) is 53.9 Å². The summed E-state index contributed by atoms with van der Waals surface area (Å²) < 4.78 is 28.2. The summed E-state index contributed by atoms with van der Waals surface area (Å²) in [6, 6.07) is 13.9. The van der Waals surface area contributed by atoms with Crippen molar-refractivity contribution in [2.75, 3.05) is 32.1 Å². The Morgan fingerprint density at radius 3 is 2.71 bits per heavy atom. The first kappa shape index (κ1) is 24.2. The predicted octanol–water partition coefficient (Wildman–Crippen LogP) is 2.81. The third-order valence-corrected chi connectivity index (χ3v) is 8.30. The minimum absolute atomic E-state index is 0.00859. The van der Waals surface area contributed by atoms with Crippen LogP contribution in [0.1, 0.15) is 31.7 Å². The van der Waals surface area contributed by atoms with Gasteiger partial charge in [-0.15, -0.1) is 0 Å². The van der Waals surface area contributed by atoms with Gasteiger partial charge in [0.1, 0.15) is 5.82 Å². The third kappa shape index (κ3) is 4.67. The molecule has 2 aromatic carbocycles. The van der Waals surface area contributed by atoms with Gasteiger partial charge in [-0.2, -0.15) is 0 Å². The summed E-state index contributed by atoms with van der Waals surface area (Å²) in [6.07, 6.45) is 1.86. The van der Waals surface area contributed by atoms with Crippen LogP contribution in [-0.2, 0) is 34.2 Å². The summed E-state index contributed by atoms with van der Waals surface area (Å²) in [5.41, 5.74) is 4.12. The van der Waals surface area contributed by atoms with Crippen LogP contribution in [0.4, 0.5) is 5.69 Å². The molecule has 1 N–H and O–H groups in total. The van der Waals surface area contributed by atoms with Crippen LogP contribution in [0.15, 0.2) is 47.4 Å². The number of para-hydroxylation sites is 1. The van der Waals surface area contributed by atoms with Crippen LogP contribution < -0.4 is 10.2 Å². The van der Waals surface area contributed by atoms with Crippen LogP contribution in [0, 0.1) is 0 Å². The second kappa shape index (κ2) is 9.76. The highest BCUT2D eigenvalue weighted by molar-refractivity contribution is 7.89. The van der Waals surface area contributed by atoms with Crippen molar-refractivity contribution in [3.63, 3.8) is 0 Å². The number of imidazole rings is 1. The number of hydrogen-bond donors (Lipinski definition) is 1. The van der Waals surface area contributed by atoms with Gasteiger partial charge in [0.15, 0.2) is 0 Å². The van der Waals surface area contributed by atoms with Crippen LogP contribution in [0.25, 0.3) is 11.0 Å². The summed E-state index contributed by atoms with van der Waals surface area (Å²) in [4.78, 5) is 19.8.